The van der Waals surface area contributed by atoms with Crippen LogP contribution in [0.2, 0.25) is 0 Å². The molecule has 1 heterocycles. The number of amides is 3. The molecule has 3 amide bonds. The van der Waals surface area contributed by atoms with Gasteiger partial charge in [-0.25, -0.2) is 9.48 Å². The van der Waals surface area contributed by atoms with Crippen LogP contribution in [0.3, 0.4) is 0 Å². The average molecular weight is 1330 g/mol. The van der Waals surface area contributed by atoms with E-state index in [9.17, 15) is 48.6 Å². The van der Waals surface area contributed by atoms with Crippen molar-refractivity contribution in [3.8, 4) is 0 Å². The Labute approximate surface area is 565 Å². The van der Waals surface area contributed by atoms with Gasteiger partial charge in [-0.2, -0.15) is 0 Å². The highest BCUT2D eigenvalue weighted by molar-refractivity contribution is 6.02. The van der Waals surface area contributed by atoms with Crippen LogP contribution < -0.4 is 16.0 Å². The maximum absolute atomic E-state index is 13.6. The normalized spacial score (nSPS) is 16.1. The lowest BCUT2D eigenvalue weighted by atomic mass is 9.76. The minimum atomic E-state index is -1.44. The summed E-state index contributed by atoms with van der Waals surface area (Å²) in [6, 6.07) is 0. The van der Waals surface area contributed by atoms with Gasteiger partial charge in [-0.1, -0.05) is 231 Å². The Kier molecular flexibility index (Phi) is 48.7. The minimum Gasteiger partial charge on any atom is -0.481 e. The van der Waals surface area contributed by atoms with E-state index in [2.05, 4.69) is 40.1 Å². The third kappa shape index (κ3) is 37.4. The smallest absolute Gasteiger partial charge is 0.406 e. The van der Waals surface area contributed by atoms with Crippen LogP contribution in [0.15, 0.2) is 0 Å². The molecule has 2 aliphatic carbocycles. The van der Waals surface area contributed by atoms with Crippen LogP contribution in [-0.4, -0.2) is 136 Å². The van der Waals surface area contributed by atoms with Gasteiger partial charge in [0.2, 0.25) is 11.8 Å². The highest BCUT2D eigenvalue weighted by atomic mass is 16.5. The molecule has 2 unspecified atom stereocenters. The third-order valence-corrected chi connectivity index (χ3v) is 19.5. The number of ether oxygens (including phenoxy) is 3. The summed E-state index contributed by atoms with van der Waals surface area (Å²) in [5.41, 5.74) is -0.690. The number of nitrogens with one attached hydrogen (secondary N) is 3. The van der Waals surface area contributed by atoms with E-state index in [1.54, 1.807) is 7.05 Å². The number of carbonyl (C=O) groups is 8. The predicted octanol–water partition coefficient (Wildman–Crippen LogP) is 15.0. The number of fused-ring (bicyclic) bond motifs is 2. The fourth-order valence-corrected chi connectivity index (χ4v) is 13.4. The molecule has 5 atom stereocenters. The van der Waals surface area contributed by atoms with E-state index in [0.717, 1.165) is 165 Å². The van der Waals surface area contributed by atoms with Gasteiger partial charge in [0.25, 0.3) is 0 Å². The first-order valence-corrected chi connectivity index (χ1v) is 37.4. The summed E-state index contributed by atoms with van der Waals surface area (Å²) in [6.07, 6.45) is 40.8. The molecule has 1 aromatic rings. The zero-order valence-corrected chi connectivity index (χ0v) is 59.0. The fourth-order valence-electron chi connectivity index (χ4n) is 13.4. The molecular weight excluding hydrogens is 1200 g/mol. The lowest BCUT2D eigenvalue weighted by Crippen LogP contribution is -2.47. The molecule has 0 radical (unpaired) electrons. The monoisotopic (exact) mass is 1330 g/mol. The van der Waals surface area contributed by atoms with Gasteiger partial charge in [-0.05, 0) is 82.0 Å². The Hall–Kier alpha value is -5.18. The maximum Gasteiger partial charge on any atom is 0.406 e. The van der Waals surface area contributed by atoms with Crippen LogP contribution in [0.4, 0.5) is 4.79 Å². The Morgan fingerprint density at radius 1 is 0.479 bits per heavy atom. The van der Waals surface area contributed by atoms with E-state index in [1.165, 1.54) is 64.2 Å². The van der Waals surface area contributed by atoms with Crippen molar-refractivity contribution in [3.63, 3.8) is 0 Å². The average Bonchev–Trinajstić information content (AvgIpc) is 1.60. The highest BCUT2D eigenvalue weighted by Gasteiger charge is 2.51. The van der Waals surface area contributed by atoms with Crippen LogP contribution in [0.25, 0.3) is 0 Å². The number of aromatic nitrogens is 3. The molecule has 0 bridgehead atoms. The van der Waals surface area contributed by atoms with Crippen molar-refractivity contribution < 1.29 is 73.0 Å². The third-order valence-electron chi connectivity index (χ3n) is 19.5. The van der Waals surface area contributed by atoms with Crippen molar-refractivity contribution in [1.82, 2.24) is 30.9 Å². The minimum absolute atomic E-state index is 0.132. The van der Waals surface area contributed by atoms with E-state index in [1.807, 2.05) is 11.6 Å². The molecule has 0 aliphatic heterocycles. The van der Waals surface area contributed by atoms with E-state index in [-0.39, 0.29) is 51.0 Å². The van der Waals surface area contributed by atoms with Crippen molar-refractivity contribution in [2.45, 2.75) is 323 Å². The van der Waals surface area contributed by atoms with Gasteiger partial charge in [0.15, 0.2) is 0 Å². The van der Waals surface area contributed by atoms with Crippen molar-refractivity contribution >= 4 is 47.6 Å². The van der Waals surface area contributed by atoms with Crippen LogP contribution in [0.5, 0.6) is 0 Å². The van der Waals surface area contributed by atoms with Crippen molar-refractivity contribution in [2.75, 3.05) is 53.2 Å². The van der Waals surface area contributed by atoms with Crippen LogP contribution in [0, 0.1) is 28.6 Å². The standard InChI is InChI=1S/C41H71N5O8.C32H59NO7/c1-3-4-5-6-7-9-12-15-18-25-41(39(50)51,26-19-16-13-10-8-11-14-17-20-37(47)48)38(49)43-27-29-53-30-28-46-36-24-22-33-32(21-23-35(36)44-45-46)34(33)31-54-40(52)42-2;1-3-5-6-7-8-10-13-16-19-23-32(31(38)39,30(37)33-25-27-40-26-22-28(34)4-2)24-20-17-14-11-9-12-15-18-21-29(35)36/h32-34H,3-31H2,1-2H3,(H,42,52)(H,43,49)(H,47,48)(H,50,51);3-27H2,1-2H3,(H,33,37)(H,35,36)(H,38,39)/t32-,33+,34-,41?;/m1./s1. The largest absolute Gasteiger partial charge is 0.481 e. The highest BCUT2D eigenvalue weighted by Crippen LogP contribution is 2.53. The summed E-state index contributed by atoms with van der Waals surface area (Å²) >= 11 is 0. The number of aryl methyl sites for hydroxylation is 1. The molecule has 21 heteroatoms. The van der Waals surface area contributed by atoms with Gasteiger partial charge < -0.3 is 50.6 Å². The zero-order chi connectivity index (χ0) is 68.9. The Bertz CT molecular complexity index is 2230. The number of Topliss-reactive ketones (excluding diaryl/α,β-unsaturated/α-hetero) is 1. The SMILES string of the molecule is CCCCCCCCCCCC(CCCCCCCCCCC(=O)O)(C(=O)O)C(=O)NCCOCCC(=O)CC.CCCCCCCCCCCC(CCCCCCCCCCC(=O)O)(C(=O)O)C(=O)NCCOCCn1nnc2c1CC[C@H]1[C@@H](CC2)[C@H]1COC(=O)NC. The predicted molar refractivity (Wildman–Crippen MR) is 367 cm³/mol. The molecule has 0 spiro atoms. The summed E-state index contributed by atoms with van der Waals surface area (Å²) in [5, 5.41) is 55.3. The van der Waals surface area contributed by atoms with E-state index < -0.39 is 46.5 Å². The number of alkyl carbamates (subject to hydrolysis) is 1. The van der Waals surface area contributed by atoms with Gasteiger partial charge in [-0.3, -0.25) is 33.6 Å². The van der Waals surface area contributed by atoms with E-state index >= 15 is 0 Å². The molecule has 7 N–H and O–H groups in total. The first kappa shape index (κ1) is 84.9. The van der Waals surface area contributed by atoms with Crippen molar-refractivity contribution in [2.24, 2.45) is 28.6 Å². The lowest BCUT2D eigenvalue weighted by Gasteiger charge is -2.28. The van der Waals surface area contributed by atoms with Crippen molar-refractivity contribution in [1.29, 1.82) is 0 Å². The molecule has 3 rings (SSSR count). The fraction of sp³-hybridized carbons (Fsp3) is 0.863. The van der Waals surface area contributed by atoms with Gasteiger partial charge >= 0.3 is 30.0 Å². The second-order valence-electron chi connectivity index (χ2n) is 26.9. The molecule has 1 saturated carbocycles. The Morgan fingerprint density at radius 2 is 0.851 bits per heavy atom. The van der Waals surface area contributed by atoms with Crippen LogP contribution >= 0.6 is 0 Å². The first-order chi connectivity index (χ1) is 45.5. The second-order valence-corrected chi connectivity index (χ2v) is 26.9. The number of hydrogen-bond donors (Lipinski definition) is 7. The molecule has 542 valence electrons. The maximum atomic E-state index is 13.6. The second kappa shape index (κ2) is 53.9. The number of nitrogens with zero attached hydrogens (tertiary/aromatic N) is 3. The Morgan fingerprint density at radius 3 is 1.22 bits per heavy atom. The number of carboxylic acid groups (broad SMARTS) is 4. The molecule has 1 fully saturated rings. The number of aliphatic carboxylic acids is 4. The summed E-state index contributed by atoms with van der Waals surface area (Å²) < 4.78 is 18.6. The van der Waals surface area contributed by atoms with Gasteiger partial charge in [-0.15, -0.1) is 5.10 Å². The summed E-state index contributed by atoms with van der Waals surface area (Å²) in [7, 11) is 1.57. The summed E-state index contributed by atoms with van der Waals surface area (Å²) in [5.74, 6) is -2.75. The van der Waals surface area contributed by atoms with Gasteiger partial charge in [0.1, 0.15) is 16.6 Å². The van der Waals surface area contributed by atoms with Gasteiger partial charge in [0, 0.05) is 45.8 Å². The number of carbonyl (C=O) groups excluding carboxylic acids is 4. The molecule has 0 saturated heterocycles. The number of unbranched alkanes of at least 4 members (excludes halogenated alkanes) is 30. The molecular formula is C73H130N6O15. The molecule has 21 nitrogen and oxygen atoms in total. The molecule has 0 aromatic carbocycles. The van der Waals surface area contributed by atoms with Crippen LogP contribution in [0.1, 0.15) is 315 Å². The number of carboxylic acids is 4. The molecule has 1 aromatic heterocycles. The zero-order valence-electron chi connectivity index (χ0n) is 59.0. The van der Waals surface area contributed by atoms with Crippen LogP contribution in [-0.2, 0) is 67.2 Å². The number of ketones is 1. The molecule has 94 heavy (non-hydrogen) atoms. The quantitative estimate of drug-likeness (QED) is 0.0235. The summed E-state index contributed by atoms with van der Waals surface area (Å²) in [4.78, 5) is 96.4. The first-order valence-electron chi connectivity index (χ1n) is 37.4. The van der Waals surface area contributed by atoms with E-state index in [0.29, 0.717) is 108 Å². The lowest BCUT2D eigenvalue weighted by molar-refractivity contribution is -0.159. The summed E-state index contributed by atoms with van der Waals surface area (Å²) in [6.45, 7) is 8.96. The van der Waals surface area contributed by atoms with Crippen molar-refractivity contribution in [3.05, 3.63) is 11.4 Å². The molecule has 2 aliphatic rings. The number of rotatable bonds is 61. The number of hydrogen-bond acceptors (Lipinski definition) is 13. The van der Waals surface area contributed by atoms with Gasteiger partial charge in [0.05, 0.1) is 51.0 Å². The topological polar surface area (TPSA) is 312 Å². The Balaban J connectivity index is 0.000000672. The van der Waals surface area contributed by atoms with E-state index in [4.69, 9.17) is 24.4 Å².